The number of hydrogen-bond donors (Lipinski definition) is 0. The molecule has 200 valence electrons. The van der Waals surface area contributed by atoms with Gasteiger partial charge in [-0.1, -0.05) is 12.1 Å². The van der Waals surface area contributed by atoms with Gasteiger partial charge in [0.2, 0.25) is 0 Å². The van der Waals surface area contributed by atoms with Crippen LogP contribution in [0.25, 0.3) is 0 Å². The Balaban J connectivity index is 1.70. The fourth-order valence-electron chi connectivity index (χ4n) is 2.87. The summed E-state index contributed by atoms with van der Waals surface area (Å²) in [4.78, 5) is 43.1. The van der Waals surface area contributed by atoms with Gasteiger partial charge in [0.15, 0.2) is 19.7 Å². The van der Waals surface area contributed by atoms with Gasteiger partial charge in [-0.2, -0.15) is 0 Å². The summed E-state index contributed by atoms with van der Waals surface area (Å²) in [6.07, 6.45) is -0.483. The van der Waals surface area contributed by atoms with Crippen molar-refractivity contribution in [2.24, 2.45) is 0 Å². The molecule has 0 N–H and O–H groups in total. The molecule has 0 spiro atoms. The van der Waals surface area contributed by atoms with Crippen molar-refractivity contribution in [1.82, 2.24) is 0 Å². The van der Waals surface area contributed by atoms with E-state index in [9.17, 15) is 46.7 Å². The van der Waals surface area contributed by atoms with E-state index in [-0.39, 0.29) is 29.1 Å². The summed E-state index contributed by atoms with van der Waals surface area (Å²) in [6, 6.07) is 8.89. The topological polar surface area (TPSA) is 207 Å². The van der Waals surface area contributed by atoms with E-state index in [1.165, 1.54) is 24.3 Å². The Bertz CT molecular complexity index is 1280. The molecule has 0 aromatic heterocycles. The summed E-state index contributed by atoms with van der Waals surface area (Å²) in [5, 5.41) is 21.6. The number of non-ortho nitro benzene ring substituents is 2. The fraction of sp³-hybridized carbons (Fsp3) is 0.333. The lowest BCUT2D eigenvalue weighted by Gasteiger charge is -2.07. The molecule has 0 radical (unpaired) electrons. The highest BCUT2D eigenvalue weighted by atomic mass is 32.2. The van der Waals surface area contributed by atoms with Gasteiger partial charge in [0.05, 0.1) is 31.1 Å². The molecule has 0 aliphatic carbocycles. The van der Waals surface area contributed by atoms with Gasteiger partial charge < -0.3 is 9.47 Å². The van der Waals surface area contributed by atoms with Gasteiger partial charge >= 0.3 is 11.9 Å². The van der Waals surface area contributed by atoms with Gasteiger partial charge in [-0.3, -0.25) is 29.8 Å². The quantitative estimate of drug-likeness (QED) is 0.185. The molecular weight excluding hydrogens is 536 g/mol. The van der Waals surface area contributed by atoms with Crippen molar-refractivity contribution >= 4 is 43.0 Å². The smallest absolute Gasteiger partial charge is 0.305 e. The van der Waals surface area contributed by atoms with Crippen LogP contribution >= 0.6 is 0 Å². The minimum atomic E-state index is -3.93. The molecule has 0 fully saturated rings. The lowest BCUT2D eigenvalue weighted by Crippen LogP contribution is -2.17. The number of hydrogen-bond acceptors (Lipinski definition) is 12. The monoisotopic (exact) mass is 558 g/mol. The zero-order chi connectivity index (χ0) is 27.6. The van der Waals surface area contributed by atoms with E-state index < -0.39 is 77.6 Å². The second-order valence-electron chi connectivity index (χ2n) is 7.44. The predicted octanol–water partition coefficient (Wildman–Crippen LogP) is 2.01. The zero-order valence-corrected chi connectivity index (χ0v) is 20.8. The summed E-state index contributed by atoms with van der Waals surface area (Å²) in [7, 11) is -7.87. The van der Waals surface area contributed by atoms with Crippen LogP contribution < -0.4 is 0 Å². The largest absolute Gasteiger partial charge is 0.465 e. The first-order valence-electron chi connectivity index (χ1n) is 10.6. The number of ether oxygens (including phenoxy) is 2. The number of esters is 2. The molecule has 16 heteroatoms. The highest BCUT2D eigenvalue weighted by Gasteiger charge is 2.20. The lowest BCUT2D eigenvalue weighted by atomic mass is 10.2. The van der Waals surface area contributed by atoms with E-state index in [0.717, 1.165) is 24.3 Å². The number of nitro benzene ring substituents is 2. The number of carbonyl (C=O) groups is 2. The van der Waals surface area contributed by atoms with Crippen molar-refractivity contribution in [3.8, 4) is 0 Å². The number of sulfone groups is 2. The number of nitro groups is 2. The molecule has 14 nitrogen and oxygen atoms in total. The van der Waals surface area contributed by atoms with E-state index in [1.807, 2.05) is 0 Å². The van der Waals surface area contributed by atoms with Gasteiger partial charge in [-0.25, -0.2) is 16.8 Å². The van der Waals surface area contributed by atoms with Crippen LogP contribution in [0.4, 0.5) is 11.4 Å². The van der Waals surface area contributed by atoms with Gasteiger partial charge in [-0.05, 0) is 18.6 Å². The first-order valence-corrected chi connectivity index (χ1v) is 13.9. The molecule has 2 aromatic carbocycles. The Labute approximate surface area is 211 Å². The highest BCUT2D eigenvalue weighted by molar-refractivity contribution is 7.91. The molecule has 0 unspecified atom stereocenters. The molecule has 0 saturated heterocycles. The third-order valence-electron chi connectivity index (χ3n) is 4.77. The summed E-state index contributed by atoms with van der Waals surface area (Å²) in [5.41, 5.74) is -0.793. The predicted molar refractivity (Wildman–Crippen MR) is 126 cm³/mol. The van der Waals surface area contributed by atoms with Gasteiger partial charge in [0.25, 0.3) is 11.4 Å². The van der Waals surface area contributed by atoms with Crippen LogP contribution in [0.15, 0.2) is 58.3 Å². The van der Waals surface area contributed by atoms with Crippen molar-refractivity contribution in [2.75, 3.05) is 24.7 Å². The molecule has 0 aliphatic rings. The maximum Gasteiger partial charge on any atom is 0.305 e. The molecule has 2 rings (SSSR count). The van der Waals surface area contributed by atoms with E-state index in [2.05, 4.69) is 0 Å². The van der Waals surface area contributed by atoms with Crippen LogP contribution in [0.1, 0.15) is 19.3 Å². The van der Waals surface area contributed by atoms with Crippen LogP contribution in [-0.4, -0.2) is 63.3 Å². The van der Waals surface area contributed by atoms with Crippen molar-refractivity contribution in [1.29, 1.82) is 0 Å². The Kier molecular flexibility index (Phi) is 10.2. The fourth-order valence-corrected chi connectivity index (χ4v) is 5.12. The third kappa shape index (κ3) is 9.23. The minimum absolute atomic E-state index is 0.00702. The number of carbonyl (C=O) groups excluding carboxylic acids is 2. The van der Waals surface area contributed by atoms with Crippen LogP contribution in [0, 0.1) is 20.2 Å². The van der Waals surface area contributed by atoms with Gasteiger partial charge in [0, 0.05) is 37.1 Å². The summed E-state index contributed by atoms with van der Waals surface area (Å²) in [6.45, 7) is -0.992. The number of rotatable bonds is 14. The van der Waals surface area contributed by atoms with E-state index >= 15 is 0 Å². The van der Waals surface area contributed by atoms with Crippen molar-refractivity contribution in [3.63, 3.8) is 0 Å². The normalized spacial score (nSPS) is 11.5. The van der Waals surface area contributed by atoms with Crippen molar-refractivity contribution < 1.29 is 45.7 Å². The average Bonchev–Trinajstić information content (AvgIpc) is 2.84. The SMILES string of the molecule is O=C(CCCC(=O)OCCS(=O)(=O)c1cccc([N+](=O)[O-])c1)OCCS(=O)(=O)c1cccc([N+](=O)[O-])c1. The molecule has 0 atom stereocenters. The van der Waals surface area contributed by atoms with E-state index in [0.29, 0.717) is 0 Å². The molecule has 0 saturated carbocycles. The molecule has 37 heavy (non-hydrogen) atoms. The third-order valence-corrected chi connectivity index (χ3v) is 8.12. The Morgan fingerprint density at radius 3 is 1.43 bits per heavy atom. The minimum Gasteiger partial charge on any atom is -0.465 e. The first kappa shape index (κ1) is 29.3. The molecule has 0 heterocycles. The maximum absolute atomic E-state index is 12.3. The standard InChI is InChI=1S/C21H22N2O12S2/c24-20(34-10-12-36(30,31)18-6-1-4-16(14-18)22(26)27)8-3-9-21(25)35-11-13-37(32,33)19-7-2-5-17(15-19)23(28)29/h1-2,4-7,14-15H,3,8-13H2. The lowest BCUT2D eigenvalue weighted by molar-refractivity contribution is -0.385. The molecule has 0 amide bonds. The van der Waals surface area contributed by atoms with Gasteiger partial charge in [-0.15, -0.1) is 0 Å². The summed E-state index contributed by atoms with van der Waals surface area (Å²) in [5.74, 6) is -2.76. The Morgan fingerprint density at radius 2 is 1.08 bits per heavy atom. The Morgan fingerprint density at radius 1 is 0.703 bits per heavy atom. The first-order chi connectivity index (χ1) is 17.3. The average molecular weight is 559 g/mol. The van der Waals surface area contributed by atoms with Gasteiger partial charge in [0.1, 0.15) is 13.2 Å². The van der Waals surface area contributed by atoms with Crippen LogP contribution in [-0.2, 0) is 38.7 Å². The number of nitrogens with zero attached hydrogens (tertiary/aromatic N) is 2. The van der Waals surface area contributed by atoms with Crippen LogP contribution in [0.2, 0.25) is 0 Å². The second kappa shape index (κ2) is 12.9. The molecule has 2 aromatic rings. The van der Waals surface area contributed by atoms with E-state index in [4.69, 9.17) is 9.47 Å². The molecule has 0 aliphatic heterocycles. The van der Waals surface area contributed by atoms with Crippen LogP contribution in [0.3, 0.4) is 0 Å². The van der Waals surface area contributed by atoms with E-state index in [1.54, 1.807) is 0 Å². The summed E-state index contributed by atoms with van der Waals surface area (Å²) >= 11 is 0. The zero-order valence-electron chi connectivity index (χ0n) is 19.2. The summed E-state index contributed by atoms with van der Waals surface area (Å²) < 4.78 is 58.7. The van der Waals surface area contributed by atoms with Crippen molar-refractivity contribution in [2.45, 2.75) is 29.1 Å². The number of benzene rings is 2. The molecular formula is C21H22N2O12S2. The molecule has 0 bridgehead atoms. The maximum atomic E-state index is 12.3. The van der Waals surface area contributed by atoms with Crippen molar-refractivity contribution in [3.05, 3.63) is 68.8 Å². The Hall–Kier alpha value is -3.92. The second-order valence-corrected chi connectivity index (χ2v) is 11.7. The highest BCUT2D eigenvalue weighted by Crippen LogP contribution is 2.19. The van der Waals surface area contributed by atoms with Crippen LogP contribution in [0.5, 0.6) is 0 Å².